The summed E-state index contributed by atoms with van der Waals surface area (Å²) >= 11 is 0. The number of benzene rings is 1. The zero-order valence-corrected chi connectivity index (χ0v) is 12.2. The monoisotopic (exact) mass is 288 g/mol. The fourth-order valence-electron chi connectivity index (χ4n) is 2.94. The molecule has 0 saturated carbocycles. The molecule has 1 aromatic rings. The first-order valence-corrected chi connectivity index (χ1v) is 6.50. The zero-order valence-electron chi connectivity index (χ0n) is 10.6. The molecule has 1 aromatic carbocycles. The number of hydrogen-bond acceptors (Lipinski definition) is 2. The van der Waals surface area contributed by atoms with Gasteiger partial charge in [0.25, 0.3) is 0 Å². The minimum absolute atomic E-state index is 0. The lowest BCUT2D eigenvalue weighted by Gasteiger charge is -2.29. The van der Waals surface area contributed by atoms with Crippen LogP contribution in [0, 0.1) is 0 Å². The van der Waals surface area contributed by atoms with E-state index in [2.05, 4.69) is 34.5 Å². The Morgan fingerprint density at radius 1 is 1.17 bits per heavy atom. The Kier molecular flexibility index (Phi) is 6.27. The summed E-state index contributed by atoms with van der Waals surface area (Å²) in [6, 6.07) is 9.56. The number of nitrogens with one attached hydrogen (secondary N) is 1. The molecule has 0 aromatic heterocycles. The van der Waals surface area contributed by atoms with Crippen molar-refractivity contribution in [2.45, 2.75) is 31.7 Å². The molecular weight excluding hydrogens is 267 g/mol. The van der Waals surface area contributed by atoms with Gasteiger partial charge in [-0.25, -0.2) is 0 Å². The molecule has 102 valence electrons. The van der Waals surface area contributed by atoms with Crippen LogP contribution in [0.3, 0.4) is 0 Å². The fourth-order valence-corrected chi connectivity index (χ4v) is 2.94. The predicted octanol–water partition coefficient (Wildman–Crippen LogP) is 3.03. The van der Waals surface area contributed by atoms with Crippen LogP contribution in [0.4, 0.5) is 5.69 Å². The molecule has 2 aliphatic rings. The van der Waals surface area contributed by atoms with E-state index in [1.54, 1.807) is 0 Å². The molecule has 0 radical (unpaired) electrons. The van der Waals surface area contributed by atoms with Crippen LogP contribution >= 0.6 is 24.8 Å². The van der Waals surface area contributed by atoms with Gasteiger partial charge in [0.1, 0.15) is 0 Å². The van der Waals surface area contributed by atoms with Crippen LogP contribution in [0.2, 0.25) is 0 Å². The Bertz CT molecular complexity index is 365. The van der Waals surface area contributed by atoms with E-state index >= 15 is 0 Å². The second kappa shape index (κ2) is 7.22. The van der Waals surface area contributed by atoms with Crippen LogP contribution < -0.4 is 10.2 Å². The van der Waals surface area contributed by atoms with E-state index in [-0.39, 0.29) is 24.8 Å². The quantitative estimate of drug-likeness (QED) is 0.900. The Morgan fingerprint density at radius 2 is 2.00 bits per heavy atom. The highest BCUT2D eigenvalue weighted by Crippen LogP contribution is 2.27. The summed E-state index contributed by atoms with van der Waals surface area (Å²) in [4.78, 5) is 2.55. The summed E-state index contributed by atoms with van der Waals surface area (Å²) < 4.78 is 0. The van der Waals surface area contributed by atoms with Gasteiger partial charge in [0.15, 0.2) is 0 Å². The molecule has 0 amide bonds. The third-order valence-electron chi connectivity index (χ3n) is 3.84. The van der Waals surface area contributed by atoms with Crippen molar-refractivity contribution in [2.24, 2.45) is 0 Å². The maximum atomic E-state index is 3.64. The van der Waals surface area contributed by atoms with E-state index in [9.17, 15) is 0 Å². The molecule has 0 bridgehead atoms. The van der Waals surface area contributed by atoms with Crippen LogP contribution in [-0.4, -0.2) is 25.7 Å². The van der Waals surface area contributed by atoms with E-state index in [4.69, 9.17) is 0 Å². The van der Waals surface area contributed by atoms with Gasteiger partial charge in [0.2, 0.25) is 0 Å². The Morgan fingerprint density at radius 3 is 2.78 bits per heavy atom. The van der Waals surface area contributed by atoms with Crippen molar-refractivity contribution in [1.29, 1.82) is 0 Å². The van der Waals surface area contributed by atoms with Crippen molar-refractivity contribution < 1.29 is 0 Å². The molecule has 3 rings (SSSR count). The van der Waals surface area contributed by atoms with E-state index in [0.717, 1.165) is 0 Å². The van der Waals surface area contributed by atoms with E-state index in [0.29, 0.717) is 6.04 Å². The Labute approximate surface area is 122 Å². The summed E-state index contributed by atoms with van der Waals surface area (Å²) in [5.74, 6) is 0. The van der Waals surface area contributed by atoms with Gasteiger partial charge in [-0.3, -0.25) is 0 Å². The molecule has 2 aliphatic heterocycles. The Balaban J connectivity index is 0.000000810. The minimum Gasteiger partial charge on any atom is -0.369 e. The lowest BCUT2D eigenvalue weighted by molar-refractivity contribution is 0.401. The van der Waals surface area contributed by atoms with Gasteiger partial charge in [0.05, 0.1) is 0 Å². The topological polar surface area (TPSA) is 15.3 Å². The third kappa shape index (κ3) is 3.31. The Hall–Kier alpha value is -0.440. The van der Waals surface area contributed by atoms with Gasteiger partial charge < -0.3 is 10.2 Å². The molecule has 18 heavy (non-hydrogen) atoms. The highest BCUT2D eigenvalue weighted by molar-refractivity contribution is 5.85. The maximum Gasteiger partial charge on any atom is 0.0400 e. The fraction of sp³-hybridized carbons (Fsp3) is 0.571. The molecule has 2 nitrogen and oxygen atoms in total. The van der Waals surface area contributed by atoms with Crippen LogP contribution in [0.25, 0.3) is 0 Å². The molecule has 1 unspecified atom stereocenters. The molecule has 0 spiro atoms. The van der Waals surface area contributed by atoms with Crippen LogP contribution in [0.5, 0.6) is 0 Å². The second-order valence-electron chi connectivity index (χ2n) is 4.97. The summed E-state index contributed by atoms with van der Waals surface area (Å²) in [5.41, 5.74) is 2.99. The minimum atomic E-state index is 0. The van der Waals surface area contributed by atoms with Crippen LogP contribution in [-0.2, 0) is 6.42 Å². The normalized spacial score (nSPS) is 21.8. The SMILES string of the molecule is Cl.Cl.c1ccc2c(c1)CCN2CC1CCCCN1. The number of anilines is 1. The van der Waals surface area contributed by atoms with Crippen molar-refractivity contribution in [1.82, 2.24) is 5.32 Å². The average Bonchev–Trinajstić information content (AvgIpc) is 2.74. The first-order valence-electron chi connectivity index (χ1n) is 6.50. The molecule has 4 heteroatoms. The molecule has 2 heterocycles. The lowest BCUT2D eigenvalue weighted by atomic mass is 10.0. The molecule has 1 N–H and O–H groups in total. The number of fused-ring (bicyclic) bond motifs is 1. The van der Waals surface area contributed by atoms with Crippen molar-refractivity contribution in [2.75, 3.05) is 24.5 Å². The molecule has 1 atom stereocenters. The van der Waals surface area contributed by atoms with Gasteiger partial charge in [-0.15, -0.1) is 24.8 Å². The van der Waals surface area contributed by atoms with Gasteiger partial charge in [-0.1, -0.05) is 24.6 Å². The molecular formula is C14H22Cl2N2. The highest BCUT2D eigenvalue weighted by atomic mass is 35.5. The number of para-hydroxylation sites is 1. The van der Waals surface area contributed by atoms with Gasteiger partial charge >= 0.3 is 0 Å². The number of halogens is 2. The van der Waals surface area contributed by atoms with E-state index in [1.165, 1.54) is 56.6 Å². The van der Waals surface area contributed by atoms with Crippen molar-refractivity contribution >= 4 is 30.5 Å². The number of nitrogens with zero attached hydrogens (tertiary/aromatic N) is 1. The van der Waals surface area contributed by atoms with Gasteiger partial charge in [-0.05, 0) is 37.4 Å². The molecule has 1 fully saturated rings. The first kappa shape index (κ1) is 15.6. The van der Waals surface area contributed by atoms with Gasteiger partial charge in [-0.2, -0.15) is 0 Å². The van der Waals surface area contributed by atoms with E-state index < -0.39 is 0 Å². The van der Waals surface area contributed by atoms with Crippen molar-refractivity contribution in [3.8, 4) is 0 Å². The third-order valence-corrected chi connectivity index (χ3v) is 3.84. The number of rotatable bonds is 2. The predicted molar refractivity (Wildman–Crippen MR) is 82.5 cm³/mol. The molecule has 0 aliphatic carbocycles. The smallest absolute Gasteiger partial charge is 0.0400 e. The maximum absolute atomic E-state index is 3.64. The average molecular weight is 289 g/mol. The lowest BCUT2D eigenvalue weighted by Crippen LogP contribution is -2.43. The van der Waals surface area contributed by atoms with Crippen LogP contribution in [0.1, 0.15) is 24.8 Å². The van der Waals surface area contributed by atoms with E-state index in [1.807, 2.05) is 0 Å². The number of hydrogen-bond donors (Lipinski definition) is 1. The first-order chi connectivity index (χ1) is 7.93. The summed E-state index contributed by atoms with van der Waals surface area (Å²) in [6.45, 7) is 3.61. The highest BCUT2D eigenvalue weighted by Gasteiger charge is 2.22. The summed E-state index contributed by atoms with van der Waals surface area (Å²) in [6.07, 6.45) is 5.32. The largest absolute Gasteiger partial charge is 0.369 e. The number of piperidine rings is 1. The van der Waals surface area contributed by atoms with Crippen LogP contribution in [0.15, 0.2) is 24.3 Å². The van der Waals surface area contributed by atoms with Crippen molar-refractivity contribution in [3.05, 3.63) is 29.8 Å². The summed E-state index contributed by atoms with van der Waals surface area (Å²) in [5, 5.41) is 3.64. The van der Waals surface area contributed by atoms with Crippen molar-refractivity contribution in [3.63, 3.8) is 0 Å². The second-order valence-corrected chi connectivity index (χ2v) is 4.97. The zero-order chi connectivity index (χ0) is 10.8. The standard InChI is InChI=1S/C14H20N2.2ClH/c1-2-7-14-12(5-1)8-10-16(14)11-13-6-3-4-9-15-13;;/h1-2,5,7,13,15H,3-4,6,8-11H2;2*1H. The van der Waals surface area contributed by atoms with Gasteiger partial charge in [0, 0.05) is 24.8 Å². The molecule has 1 saturated heterocycles. The summed E-state index contributed by atoms with van der Waals surface area (Å²) in [7, 11) is 0.